The summed E-state index contributed by atoms with van der Waals surface area (Å²) < 4.78 is 23.1. The van der Waals surface area contributed by atoms with Gasteiger partial charge in [0.25, 0.3) is 5.56 Å². The molecule has 1 aliphatic carbocycles. The Kier molecular flexibility index (Phi) is 8.57. The van der Waals surface area contributed by atoms with E-state index in [9.17, 15) is 9.18 Å². The van der Waals surface area contributed by atoms with Gasteiger partial charge in [0.1, 0.15) is 10.8 Å². The van der Waals surface area contributed by atoms with Gasteiger partial charge in [-0.3, -0.25) is 4.79 Å². The maximum absolute atomic E-state index is 13.6. The van der Waals surface area contributed by atoms with Crippen LogP contribution in [0.2, 0.25) is 5.02 Å². The molecular formula is C28H38ClFN5O2+. The molecule has 2 aliphatic heterocycles. The largest absolute Gasteiger partial charge is 0.382 e. The molecule has 0 unspecified atom stereocenters. The molecule has 0 bridgehead atoms. The highest BCUT2D eigenvalue weighted by molar-refractivity contribution is 6.32. The molecule has 1 N–H and O–H groups in total. The van der Waals surface area contributed by atoms with E-state index in [0.29, 0.717) is 17.5 Å². The topological polar surface area (TPSA) is 62.4 Å². The lowest BCUT2D eigenvalue weighted by atomic mass is 9.92. The lowest BCUT2D eigenvalue weighted by Crippen LogP contribution is -2.33. The predicted molar refractivity (Wildman–Crippen MR) is 145 cm³/mol. The van der Waals surface area contributed by atoms with Crippen molar-refractivity contribution in [3.8, 4) is 0 Å². The van der Waals surface area contributed by atoms with Crippen LogP contribution in [0, 0.1) is 17.7 Å². The zero-order valence-electron chi connectivity index (χ0n) is 21.7. The summed E-state index contributed by atoms with van der Waals surface area (Å²) in [5, 5.41) is 8.03. The van der Waals surface area contributed by atoms with Crippen LogP contribution in [0.5, 0.6) is 0 Å². The van der Waals surface area contributed by atoms with Gasteiger partial charge in [0.05, 0.1) is 24.5 Å². The highest BCUT2D eigenvalue weighted by Crippen LogP contribution is 2.29. The molecule has 0 radical (unpaired) electrons. The fourth-order valence-corrected chi connectivity index (χ4v) is 6.17. The van der Waals surface area contributed by atoms with E-state index in [1.807, 2.05) is 12.1 Å². The molecule has 1 saturated carbocycles. The van der Waals surface area contributed by atoms with Gasteiger partial charge in [0.15, 0.2) is 12.3 Å². The number of anilines is 1. The molecule has 2 atom stereocenters. The van der Waals surface area contributed by atoms with Gasteiger partial charge in [-0.05, 0) is 63.7 Å². The SMILES string of the molecule is CN1CC[C@@H](C[N+](=C2CCC(n3ncc(NC[C@@H]4CCCOC4)c(Cl)c3=O)CC2)c2ccc(F)cc2)C1. The molecule has 2 aromatic rings. The highest BCUT2D eigenvalue weighted by Gasteiger charge is 2.31. The second-order valence-corrected chi connectivity index (χ2v) is 11.3. The van der Waals surface area contributed by atoms with E-state index in [1.165, 1.54) is 24.3 Å². The van der Waals surface area contributed by atoms with E-state index < -0.39 is 0 Å². The smallest absolute Gasteiger partial charge is 0.287 e. The van der Waals surface area contributed by atoms with E-state index in [2.05, 4.69) is 26.9 Å². The minimum atomic E-state index is -0.232. The molecular weight excluding hydrogens is 493 g/mol. The standard InChI is InChI=1S/C28H37ClFN5O2/c1-33-13-12-21(17-33)18-34(23-6-4-22(30)5-7-23)24-8-10-25(11-9-24)35-28(36)27(29)26(16-32-35)31-15-20-3-2-14-37-19-20/h4-7,16,20-21,25H,2-3,8-15,17-19H2,1H3/p+1/t20-,21+,25?/m0/s1. The Morgan fingerprint density at radius 1 is 1.16 bits per heavy atom. The summed E-state index contributed by atoms with van der Waals surface area (Å²) in [4.78, 5) is 15.5. The highest BCUT2D eigenvalue weighted by atomic mass is 35.5. The zero-order valence-corrected chi connectivity index (χ0v) is 22.4. The van der Waals surface area contributed by atoms with Crippen LogP contribution in [0.4, 0.5) is 15.8 Å². The molecule has 1 aromatic carbocycles. The number of halogens is 2. The van der Waals surface area contributed by atoms with Gasteiger partial charge in [0.2, 0.25) is 5.69 Å². The fourth-order valence-electron chi connectivity index (χ4n) is 5.97. The maximum Gasteiger partial charge on any atom is 0.287 e. The summed E-state index contributed by atoms with van der Waals surface area (Å²) in [6, 6.07) is 6.85. The van der Waals surface area contributed by atoms with Crippen molar-refractivity contribution in [2.45, 2.75) is 51.0 Å². The number of rotatable bonds is 7. The van der Waals surface area contributed by atoms with Crippen molar-refractivity contribution >= 4 is 28.7 Å². The summed E-state index contributed by atoms with van der Waals surface area (Å²) in [5.41, 5.74) is 2.76. The van der Waals surface area contributed by atoms with Gasteiger partial charge in [-0.25, -0.2) is 9.07 Å². The van der Waals surface area contributed by atoms with Crippen LogP contribution in [0.15, 0.2) is 35.3 Å². The Morgan fingerprint density at radius 3 is 2.62 bits per heavy atom. The average molecular weight is 531 g/mol. The molecule has 2 saturated heterocycles. The summed E-state index contributed by atoms with van der Waals surface area (Å²) in [5.74, 6) is 0.794. The lowest BCUT2D eigenvalue weighted by molar-refractivity contribution is -0.452. The van der Waals surface area contributed by atoms with Crippen LogP contribution in [0.1, 0.15) is 51.0 Å². The third kappa shape index (κ3) is 6.41. The molecule has 3 heterocycles. The van der Waals surface area contributed by atoms with Crippen LogP contribution in [0.25, 0.3) is 0 Å². The molecule has 3 fully saturated rings. The first-order valence-corrected chi connectivity index (χ1v) is 14.0. The number of benzene rings is 1. The van der Waals surface area contributed by atoms with Crippen molar-refractivity contribution in [1.29, 1.82) is 0 Å². The fraction of sp³-hybridized carbons (Fsp3) is 0.607. The van der Waals surface area contributed by atoms with Gasteiger partial charge in [-0.2, -0.15) is 9.67 Å². The molecule has 7 nitrogen and oxygen atoms in total. The zero-order chi connectivity index (χ0) is 25.8. The van der Waals surface area contributed by atoms with E-state index >= 15 is 0 Å². The first-order chi connectivity index (χ1) is 18.0. The molecule has 0 amide bonds. The van der Waals surface area contributed by atoms with Crippen molar-refractivity contribution in [2.75, 3.05) is 51.8 Å². The summed E-state index contributed by atoms with van der Waals surface area (Å²) in [6.45, 7) is 5.43. The van der Waals surface area contributed by atoms with Crippen molar-refractivity contribution in [1.82, 2.24) is 14.7 Å². The van der Waals surface area contributed by atoms with Gasteiger partial charge in [-0.15, -0.1) is 0 Å². The van der Waals surface area contributed by atoms with Crippen molar-refractivity contribution in [3.63, 3.8) is 0 Å². The van der Waals surface area contributed by atoms with E-state index in [-0.39, 0.29) is 22.4 Å². The summed E-state index contributed by atoms with van der Waals surface area (Å²) >= 11 is 6.50. The molecule has 5 rings (SSSR count). The Morgan fingerprint density at radius 2 is 1.95 bits per heavy atom. The molecule has 1 aromatic heterocycles. The minimum Gasteiger partial charge on any atom is -0.382 e. The second-order valence-electron chi connectivity index (χ2n) is 10.9. The number of hydrogen-bond acceptors (Lipinski definition) is 5. The number of nitrogens with one attached hydrogen (secondary N) is 1. The third-order valence-electron chi connectivity index (χ3n) is 8.11. The number of aromatic nitrogens is 2. The van der Waals surface area contributed by atoms with E-state index in [0.717, 1.165) is 83.6 Å². The number of ether oxygens (including phenoxy) is 1. The van der Waals surface area contributed by atoms with Crippen LogP contribution in [0.3, 0.4) is 0 Å². The Labute approximate surface area is 223 Å². The second kappa shape index (κ2) is 12.0. The monoisotopic (exact) mass is 530 g/mol. The third-order valence-corrected chi connectivity index (χ3v) is 8.47. The molecule has 3 aliphatic rings. The van der Waals surface area contributed by atoms with Crippen LogP contribution in [-0.4, -0.2) is 71.4 Å². The lowest BCUT2D eigenvalue weighted by Gasteiger charge is -2.25. The molecule has 0 spiro atoms. The molecule has 37 heavy (non-hydrogen) atoms. The maximum atomic E-state index is 13.6. The first kappa shape index (κ1) is 26.3. The normalized spacial score (nSPS) is 24.8. The molecule has 9 heteroatoms. The van der Waals surface area contributed by atoms with Crippen molar-refractivity contribution < 1.29 is 13.7 Å². The Balaban J connectivity index is 1.28. The Hall–Kier alpha value is -2.29. The van der Waals surface area contributed by atoms with Crippen molar-refractivity contribution in [3.05, 3.63) is 51.7 Å². The van der Waals surface area contributed by atoms with Crippen LogP contribution in [-0.2, 0) is 4.74 Å². The van der Waals surface area contributed by atoms with E-state index in [1.54, 1.807) is 10.9 Å². The number of nitrogens with zero attached hydrogens (tertiary/aromatic N) is 4. The summed E-state index contributed by atoms with van der Waals surface area (Å²) in [6.07, 6.45) is 8.44. The average Bonchev–Trinajstić information content (AvgIpc) is 3.34. The first-order valence-electron chi connectivity index (χ1n) is 13.6. The van der Waals surface area contributed by atoms with E-state index in [4.69, 9.17) is 16.3 Å². The summed E-state index contributed by atoms with van der Waals surface area (Å²) in [7, 11) is 2.17. The van der Waals surface area contributed by atoms with Gasteiger partial charge < -0.3 is 15.0 Å². The van der Waals surface area contributed by atoms with Crippen LogP contribution >= 0.6 is 11.6 Å². The van der Waals surface area contributed by atoms with Gasteiger partial charge in [0, 0.05) is 50.6 Å². The predicted octanol–water partition coefficient (Wildman–Crippen LogP) is 4.73. The Bertz CT molecular complexity index is 1150. The quantitative estimate of drug-likeness (QED) is 0.525. The van der Waals surface area contributed by atoms with Crippen molar-refractivity contribution in [2.24, 2.45) is 11.8 Å². The van der Waals surface area contributed by atoms with Gasteiger partial charge >= 0.3 is 0 Å². The van der Waals surface area contributed by atoms with Gasteiger partial charge in [-0.1, -0.05) is 11.6 Å². The number of hydrogen-bond donors (Lipinski definition) is 1. The minimum absolute atomic E-state index is 0.0160. The molecule has 200 valence electrons. The number of likely N-dealkylation sites (tertiary alicyclic amines) is 1. The van der Waals surface area contributed by atoms with Crippen LogP contribution < -0.4 is 10.9 Å².